The number of carboxylic acid groups (broad SMARTS) is 1. The van der Waals surface area contributed by atoms with Gasteiger partial charge in [0.05, 0.1) is 6.42 Å². The summed E-state index contributed by atoms with van der Waals surface area (Å²) in [5, 5.41) is 8.59. The third-order valence-electron chi connectivity index (χ3n) is 2.14. The molecular formula is C11H11F3O3. The smallest absolute Gasteiger partial charge is 0.481 e. The van der Waals surface area contributed by atoms with Gasteiger partial charge in [0, 0.05) is 0 Å². The summed E-state index contributed by atoms with van der Waals surface area (Å²) in [5.74, 6) is -1.71. The highest BCUT2D eigenvalue weighted by molar-refractivity contribution is 5.68. The number of carbonyl (C=O) groups is 1. The average molecular weight is 248 g/mol. The first-order valence-electron chi connectivity index (χ1n) is 4.85. The Morgan fingerprint density at radius 2 is 2.12 bits per heavy atom. The minimum absolute atomic E-state index is 0.143. The Hall–Kier alpha value is -1.72. The predicted octanol–water partition coefficient (Wildman–Crippen LogP) is 3.16. The fourth-order valence-electron chi connectivity index (χ4n) is 1.40. The van der Waals surface area contributed by atoms with Crippen LogP contribution in [-0.4, -0.2) is 17.4 Å². The number of benzene rings is 1. The van der Waals surface area contributed by atoms with Crippen molar-refractivity contribution in [3.05, 3.63) is 29.8 Å². The van der Waals surface area contributed by atoms with Crippen molar-refractivity contribution >= 4 is 5.97 Å². The molecule has 0 aliphatic carbocycles. The lowest BCUT2D eigenvalue weighted by Gasteiger charge is -2.12. The minimum Gasteiger partial charge on any atom is -0.481 e. The molecule has 1 N–H and O–H groups in total. The number of hydrogen-bond donors (Lipinski definition) is 1. The van der Waals surface area contributed by atoms with Gasteiger partial charge in [-0.2, -0.15) is 0 Å². The number of halogens is 3. The molecule has 0 fully saturated rings. The molecule has 1 rings (SSSR count). The van der Waals surface area contributed by atoms with Crippen LogP contribution < -0.4 is 4.74 Å². The summed E-state index contributed by atoms with van der Waals surface area (Å²) in [6.45, 7) is 1.63. The highest BCUT2D eigenvalue weighted by Crippen LogP contribution is 2.27. The monoisotopic (exact) mass is 248 g/mol. The molecule has 0 unspecified atom stereocenters. The molecule has 0 saturated carbocycles. The number of alkyl halides is 3. The van der Waals surface area contributed by atoms with Gasteiger partial charge in [-0.05, 0) is 23.6 Å². The van der Waals surface area contributed by atoms with Crippen molar-refractivity contribution in [3.8, 4) is 5.75 Å². The standard InChI is InChI=1S/C11H11F3O3/c1-7(5-10(15)16)8-3-2-4-9(6-8)17-11(12,13)14/h2-4,6-7H,5H2,1H3,(H,15,16)/t7-/m0/s1. The molecule has 6 heteroatoms. The first-order valence-corrected chi connectivity index (χ1v) is 4.85. The number of ether oxygens (including phenoxy) is 1. The van der Waals surface area contributed by atoms with Crippen LogP contribution in [0.5, 0.6) is 5.75 Å². The van der Waals surface area contributed by atoms with Crippen molar-refractivity contribution in [2.75, 3.05) is 0 Å². The zero-order valence-electron chi connectivity index (χ0n) is 8.99. The van der Waals surface area contributed by atoms with Crippen LogP contribution in [0.15, 0.2) is 24.3 Å². The van der Waals surface area contributed by atoms with Crippen LogP contribution in [0.2, 0.25) is 0 Å². The van der Waals surface area contributed by atoms with Gasteiger partial charge in [-0.15, -0.1) is 13.2 Å². The quantitative estimate of drug-likeness (QED) is 0.890. The largest absolute Gasteiger partial charge is 0.573 e. The zero-order valence-corrected chi connectivity index (χ0v) is 8.99. The molecule has 0 aromatic heterocycles. The van der Waals surface area contributed by atoms with E-state index in [1.165, 1.54) is 18.2 Å². The highest BCUT2D eigenvalue weighted by Gasteiger charge is 2.31. The van der Waals surface area contributed by atoms with Crippen LogP contribution in [0.4, 0.5) is 13.2 Å². The Labute approximate surface area is 95.8 Å². The maximum Gasteiger partial charge on any atom is 0.573 e. The van der Waals surface area contributed by atoms with E-state index in [1.54, 1.807) is 13.0 Å². The Morgan fingerprint density at radius 3 is 2.65 bits per heavy atom. The maximum absolute atomic E-state index is 12.0. The lowest BCUT2D eigenvalue weighted by atomic mass is 9.98. The molecule has 94 valence electrons. The second-order valence-electron chi connectivity index (χ2n) is 3.62. The molecule has 0 radical (unpaired) electrons. The van der Waals surface area contributed by atoms with E-state index in [0.29, 0.717) is 5.56 Å². The van der Waals surface area contributed by atoms with Gasteiger partial charge in [-0.25, -0.2) is 0 Å². The lowest BCUT2D eigenvalue weighted by Crippen LogP contribution is -2.17. The van der Waals surface area contributed by atoms with Gasteiger partial charge in [-0.3, -0.25) is 4.79 Å². The molecule has 0 amide bonds. The van der Waals surface area contributed by atoms with E-state index < -0.39 is 12.3 Å². The third kappa shape index (κ3) is 4.76. The summed E-state index contributed by atoms with van der Waals surface area (Å²) in [6, 6.07) is 5.33. The summed E-state index contributed by atoms with van der Waals surface area (Å²) in [6.07, 6.45) is -4.88. The van der Waals surface area contributed by atoms with Crippen LogP contribution in [0, 0.1) is 0 Å². The first kappa shape index (κ1) is 13.3. The second-order valence-corrected chi connectivity index (χ2v) is 3.62. The van der Waals surface area contributed by atoms with E-state index in [0.717, 1.165) is 0 Å². The molecule has 17 heavy (non-hydrogen) atoms. The molecular weight excluding hydrogens is 237 g/mol. The van der Waals surface area contributed by atoms with Gasteiger partial charge in [-0.1, -0.05) is 19.1 Å². The molecule has 0 aliphatic heterocycles. The summed E-state index contributed by atoms with van der Waals surface area (Å²) >= 11 is 0. The second kappa shape index (κ2) is 5.07. The third-order valence-corrected chi connectivity index (χ3v) is 2.14. The number of rotatable bonds is 4. The molecule has 1 aromatic carbocycles. The average Bonchev–Trinajstić information content (AvgIpc) is 2.14. The molecule has 0 bridgehead atoms. The van der Waals surface area contributed by atoms with E-state index in [4.69, 9.17) is 5.11 Å². The molecule has 0 aliphatic rings. The van der Waals surface area contributed by atoms with Crippen LogP contribution in [0.1, 0.15) is 24.8 Å². The van der Waals surface area contributed by atoms with Gasteiger partial charge >= 0.3 is 12.3 Å². The first-order chi connectivity index (χ1) is 7.78. The summed E-state index contributed by atoms with van der Waals surface area (Å²) in [5.41, 5.74) is 0.495. The fourth-order valence-corrected chi connectivity index (χ4v) is 1.40. The maximum atomic E-state index is 12.0. The normalized spacial score (nSPS) is 13.2. The molecule has 0 spiro atoms. The van der Waals surface area contributed by atoms with Gasteiger partial charge < -0.3 is 9.84 Å². The molecule has 1 aromatic rings. The van der Waals surface area contributed by atoms with E-state index in [1.807, 2.05) is 0 Å². The van der Waals surface area contributed by atoms with Crippen LogP contribution in [0.25, 0.3) is 0 Å². The summed E-state index contributed by atoms with van der Waals surface area (Å²) in [7, 11) is 0. The lowest BCUT2D eigenvalue weighted by molar-refractivity contribution is -0.274. The Balaban J connectivity index is 2.82. The van der Waals surface area contributed by atoms with Crippen LogP contribution >= 0.6 is 0 Å². The topological polar surface area (TPSA) is 46.5 Å². The van der Waals surface area contributed by atoms with E-state index in [9.17, 15) is 18.0 Å². The minimum atomic E-state index is -4.74. The predicted molar refractivity (Wildman–Crippen MR) is 53.8 cm³/mol. The number of carboxylic acids is 1. The Kier molecular flexibility index (Phi) is 3.98. The van der Waals surface area contributed by atoms with Crippen molar-refractivity contribution in [2.24, 2.45) is 0 Å². The highest BCUT2D eigenvalue weighted by atomic mass is 19.4. The van der Waals surface area contributed by atoms with Crippen molar-refractivity contribution in [2.45, 2.75) is 25.6 Å². The summed E-state index contributed by atoms with van der Waals surface area (Å²) in [4.78, 5) is 10.5. The summed E-state index contributed by atoms with van der Waals surface area (Å²) < 4.78 is 39.7. The van der Waals surface area contributed by atoms with Gasteiger partial charge in [0.25, 0.3) is 0 Å². The molecule has 3 nitrogen and oxygen atoms in total. The SMILES string of the molecule is C[C@@H](CC(=O)O)c1cccc(OC(F)(F)F)c1. The van der Waals surface area contributed by atoms with Crippen molar-refractivity contribution < 1.29 is 27.8 Å². The Morgan fingerprint density at radius 1 is 1.47 bits per heavy atom. The van der Waals surface area contributed by atoms with E-state index in [2.05, 4.69) is 4.74 Å². The fraction of sp³-hybridized carbons (Fsp3) is 0.364. The van der Waals surface area contributed by atoms with Gasteiger partial charge in [0.2, 0.25) is 0 Å². The van der Waals surface area contributed by atoms with E-state index in [-0.39, 0.29) is 18.1 Å². The number of aliphatic carboxylic acids is 1. The van der Waals surface area contributed by atoms with Crippen molar-refractivity contribution in [3.63, 3.8) is 0 Å². The molecule has 0 saturated heterocycles. The zero-order chi connectivity index (χ0) is 13.1. The van der Waals surface area contributed by atoms with Gasteiger partial charge in [0.15, 0.2) is 0 Å². The van der Waals surface area contributed by atoms with Gasteiger partial charge in [0.1, 0.15) is 5.75 Å². The van der Waals surface area contributed by atoms with Crippen molar-refractivity contribution in [1.82, 2.24) is 0 Å². The number of hydrogen-bond acceptors (Lipinski definition) is 2. The van der Waals surface area contributed by atoms with Crippen LogP contribution in [-0.2, 0) is 4.79 Å². The van der Waals surface area contributed by atoms with Crippen molar-refractivity contribution in [1.29, 1.82) is 0 Å². The molecule has 0 heterocycles. The molecule has 1 atom stereocenters. The Bertz CT molecular complexity index is 401. The van der Waals surface area contributed by atoms with E-state index >= 15 is 0 Å². The van der Waals surface area contributed by atoms with Crippen LogP contribution in [0.3, 0.4) is 0 Å².